The van der Waals surface area contributed by atoms with E-state index in [1.54, 1.807) is 30.3 Å². The third kappa shape index (κ3) is 3.79. The molecule has 0 aromatic heterocycles. The molecule has 0 fully saturated rings. The molecule has 0 aliphatic carbocycles. The van der Waals surface area contributed by atoms with Gasteiger partial charge in [-0.05, 0) is 47.5 Å². The van der Waals surface area contributed by atoms with Crippen LogP contribution in [-0.4, -0.2) is 18.5 Å². The van der Waals surface area contributed by atoms with E-state index >= 15 is 0 Å². The maximum absolute atomic E-state index is 13.4. The summed E-state index contributed by atoms with van der Waals surface area (Å²) in [7, 11) is -3.70. The lowest BCUT2D eigenvalue weighted by Gasteiger charge is -2.18. The van der Waals surface area contributed by atoms with Gasteiger partial charge in [0.15, 0.2) is 0 Å². The van der Waals surface area contributed by atoms with Crippen LogP contribution < -0.4 is 0 Å². The smallest absolute Gasteiger partial charge is 0.207 e. The standard InChI is InChI=1S/C21H16ClFN2O2S/c22-18-9-6-17-14-28(26,27)25(13-15-4-2-1-3-5-15)24-21(20(17)12-18)16-7-10-19(23)11-8-16/h1-12H,13-14H2. The molecule has 1 aliphatic rings. The van der Waals surface area contributed by atoms with Gasteiger partial charge in [0.1, 0.15) is 5.82 Å². The first-order chi connectivity index (χ1) is 13.4. The van der Waals surface area contributed by atoms with Gasteiger partial charge in [0.25, 0.3) is 10.0 Å². The van der Waals surface area contributed by atoms with Crippen molar-refractivity contribution in [1.29, 1.82) is 0 Å². The number of benzene rings is 3. The lowest BCUT2D eigenvalue weighted by molar-refractivity contribution is 0.427. The maximum Gasteiger partial charge on any atom is 0.254 e. The Kier molecular flexibility index (Phi) is 4.91. The summed E-state index contributed by atoms with van der Waals surface area (Å²) in [6.45, 7) is 0.107. The summed E-state index contributed by atoms with van der Waals surface area (Å²) in [5.74, 6) is -0.571. The molecular weight excluding hydrogens is 399 g/mol. The Morgan fingerprint density at radius 3 is 2.43 bits per heavy atom. The van der Waals surface area contributed by atoms with Crippen LogP contribution in [0, 0.1) is 5.82 Å². The van der Waals surface area contributed by atoms with Crippen LogP contribution in [0.15, 0.2) is 77.9 Å². The zero-order chi connectivity index (χ0) is 19.7. The molecule has 4 nitrogen and oxygen atoms in total. The quantitative estimate of drug-likeness (QED) is 0.630. The number of hydrogen-bond acceptors (Lipinski definition) is 3. The van der Waals surface area contributed by atoms with Gasteiger partial charge in [-0.3, -0.25) is 0 Å². The van der Waals surface area contributed by atoms with Crippen LogP contribution in [0.25, 0.3) is 0 Å². The molecule has 142 valence electrons. The highest BCUT2D eigenvalue weighted by atomic mass is 35.5. The fourth-order valence-electron chi connectivity index (χ4n) is 3.09. The Labute approximate surface area is 167 Å². The van der Waals surface area contributed by atoms with Crippen molar-refractivity contribution >= 4 is 27.3 Å². The SMILES string of the molecule is O=S1(=O)Cc2ccc(Cl)cc2C(c2ccc(F)cc2)=NN1Cc1ccccc1. The van der Waals surface area contributed by atoms with Crippen molar-refractivity contribution in [3.63, 3.8) is 0 Å². The predicted molar refractivity (Wildman–Crippen MR) is 108 cm³/mol. The molecule has 0 N–H and O–H groups in total. The van der Waals surface area contributed by atoms with E-state index in [9.17, 15) is 12.8 Å². The second-order valence-electron chi connectivity index (χ2n) is 6.48. The van der Waals surface area contributed by atoms with E-state index in [0.717, 1.165) is 9.98 Å². The van der Waals surface area contributed by atoms with Crippen LogP contribution in [0.1, 0.15) is 22.3 Å². The third-order valence-corrected chi connectivity index (χ3v) is 6.24. The largest absolute Gasteiger partial charge is 0.254 e. The number of nitrogens with zero attached hydrogens (tertiary/aromatic N) is 2. The third-order valence-electron chi connectivity index (χ3n) is 4.48. The number of hydrazone groups is 1. The summed E-state index contributed by atoms with van der Waals surface area (Å²) >= 11 is 6.17. The Morgan fingerprint density at radius 2 is 1.71 bits per heavy atom. The molecule has 0 saturated heterocycles. The molecule has 0 spiro atoms. The van der Waals surface area contributed by atoms with Gasteiger partial charge in [-0.15, -0.1) is 0 Å². The van der Waals surface area contributed by atoms with Gasteiger partial charge >= 0.3 is 0 Å². The van der Waals surface area contributed by atoms with Gasteiger partial charge in [-0.2, -0.15) is 9.52 Å². The summed E-state index contributed by atoms with van der Waals surface area (Å²) in [4.78, 5) is 0. The van der Waals surface area contributed by atoms with Gasteiger partial charge < -0.3 is 0 Å². The molecule has 28 heavy (non-hydrogen) atoms. The van der Waals surface area contributed by atoms with Crippen LogP contribution in [0.2, 0.25) is 5.02 Å². The number of halogens is 2. The first-order valence-electron chi connectivity index (χ1n) is 8.60. The van der Waals surface area contributed by atoms with Crippen molar-refractivity contribution < 1.29 is 12.8 Å². The second-order valence-corrected chi connectivity index (χ2v) is 8.79. The fourth-order valence-corrected chi connectivity index (χ4v) is 4.61. The van der Waals surface area contributed by atoms with Crippen molar-refractivity contribution in [2.45, 2.75) is 12.3 Å². The molecule has 0 unspecified atom stereocenters. The average Bonchev–Trinajstić information content (AvgIpc) is 2.78. The minimum atomic E-state index is -3.70. The second kappa shape index (κ2) is 7.37. The van der Waals surface area contributed by atoms with Crippen molar-refractivity contribution in [2.75, 3.05) is 0 Å². The van der Waals surface area contributed by atoms with E-state index in [2.05, 4.69) is 5.10 Å². The Morgan fingerprint density at radius 1 is 1.00 bits per heavy atom. The predicted octanol–water partition coefficient (Wildman–Crippen LogP) is 4.58. The first kappa shape index (κ1) is 18.7. The molecule has 0 saturated carbocycles. The van der Waals surface area contributed by atoms with Crippen molar-refractivity contribution in [3.8, 4) is 0 Å². The van der Waals surface area contributed by atoms with E-state index in [1.165, 1.54) is 12.1 Å². The highest BCUT2D eigenvalue weighted by Crippen LogP contribution is 2.28. The maximum atomic E-state index is 13.4. The van der Waals surface area contributed by atoms with E-state index in [0.29, 0.717) is 27.4 Å². The Hall–Kier alpha value is -2.70. The van der Waals surface area contributed by atoms with E-state index in [1.807, 2.05) is 30.3 Å². The summed E-state index contributed by atoms with van der Waals surface area (Å²) in [6.07, 6.45) is 0. The molecule has 0 radical (unpaired) electrons. The Bertz CT molecular complexity index is 1150. The van der Waals surface area contributed by atoms with E-state index < -0.39 is 10.0 Å². The lowest BCUT2D eigenvalue weighted by atomic mass is 9.98. The molecule has 0 amide bonds. The summed E-state index contributed by atoms with van der Waals surface area (Å²) in [5, 5.41) is 4.96. The number of fused-ring (bicyclic) bond motifs is 1. The summed E-state index contributed by atoms with van der Waals surface area (Å²) in [5.41, 5.74) is 3.09. The average molecular weight is 415 g/mol. The first-order valence-corrected chi connectivity index (χ1v) is 10.6. The van der Waals surface area contributed by atoms with Crippen molar-refractivity contribution in [1.82, 2.24) is 4.41 Å². The van der Waals surface area contributed by atoms with E-state index in [-0.39, 0.29) is 18.1 Å². The molecule has 3 aromatic rings. The minimum absolute atomic E-state index is 0.107. The molecule has 7 heteroatoms. The van der Waals surface area contributed by atoms with Crippen LogP contribution in [-0.2, 0) is 22.3 Å². The molecule has 0 bridgehead atoms. The van der Waals surface area contributed by atoms with Crippen molar-refractivity contribution in [2.24, 2.45) is 5.10 Å². The molecule has 1 aliphatic heterocycles. The van der Waals surface area contributed by atoms with Gasteiger partial charge in [0, 0.05) is 16.1 Å². The number of rotatable bonds is 3. The molecular formula is C21H16ClFN2O2S. The topological polar surface area (TPSA) is 49.7 Å². The minimum Gasteiger partial charge on any atom is -0.207 e. The van der Waals surface area contributed by atoms with Gasteiger partial charge in [0.2, 0.25) is 0 Å². The molecule has 4 rings (SSSR count). The molecule has 1 heterocycles. The zero-order valence-corrected chi connectivity index (χ0v) is 16.3. The van der Waals surface area contributed by atoms with Crippen molar-refractivity contribution in [3.05, 3.63) is 106 Å². The fraction of sp³-hybridized carbons (Fsp3) is 0.0952. The number of sulfonamides is 1. The van der Waals surface area contributed by atoms with Gasteiger partial charge in [-0.1, -0.05) is 48.0 Å². The van der Waals surface area contributed by atoms with E-state index in [4.69, 9.17) is 11.6 Å². The van der Waals surface area contributed by atoms with Crippen LogP contribution in [0.4, 0.5) is 4.39 Å². The van der Waals surface area contributed by atoms with Crippen LogP contribution >= 0.6 is 11.6 Å². The highest BCUT2D eigenvalue weighted by molar-refractivity contribution is 7.88. The summed E-state index contributed by atoms with van der Waals surface area (Å²) in [6, 6.07) is 20.1. The van der Waals surface area contributed by atoms with Gasteiger partial charge in [0.05, 0.1) is 18.0 Å². The number of hydrogen-bond donors (Lipinski definition) is 0. The highest BCUT2D eigenvalue weighted by Gasteiger charge is 2.29. The molecule has 0 atom stereocenters. The van der Waals surface area contributed by atoms with Crippen LogP contribution in [0.5, 0.6) is 0 Å². The lowest BCUT2D eigenvalue weighted by Crippen LogP contribution is -2.26. The summed E-state index contributed by atoms with van der Waals surface area (Å²) < 4.78 is 40.5. The zero-order valence-electron chi connectivity index (χ0n) is 14.7. The normalized spacial score (nSPS) is 15.5. The molecule has 3 aromatic carbocycles. The monoisotopic (exact) mass is 414 g/mol. The van der Waals surface area contributed by atoms with Crippen LogP contribution in [0.3, 0.4) is 0 Å². The Balaban J connectivity index is 1.89. The van der Waals surface area contributed by atoms with Gasteiger partial charge in [-0.25, -0.2) is 12.8 Å².